The van der Waals surface area contributed by atoms with Gasteiger partial charge >= 0.3 is 0 Å². The highest BCUT2D eigenvalue weighted by Gasteiger charge is 2.18. The molecule has 0 saturated heterocycles. The average molecular weight is 348 g/mol. The minimum atomic E-state index is -0.704. The first-order valence-corrected chi connectivity index (χ1v) is 6.75. The smallest absolute Gasteiger partial charge is 0.149 e. The van der Waals surface area contributed by atoms with Gasteiger partial charge < -0.3 is 0 Å². The van der Waals surface area contributed by atoms with E-state index in [0.29, 0.717) is 5.82 Å². The highest BCUT2D eigenvalue weighted by Crippen LogP contribution is 2.31. The first-order chi connectivity index (χ1) is 8.90. The molecule has 0 unspecified atom stereocenters. The molecule has 0 bridgehead atoms. The standard InChI is InChI=1S/C13H10BrClF2N2/c1-6(2)13-18-9(5-10(15)19-13)11-8(16)4-3-7(14)12(11)17/h3-6H,1-2H3. The Bertz CT molecular complexity index is 632. The third-order valence-corrected chi connectivity index (χ3v) is 3.33. The molecule has 6 heteroatoms. The number of halogens is 4. The van der Waals surface area contributed by atoms with E-state index in [1.54, 1.807) is 0 Å². The lowest BCUT2D eigenvalue weighted by Gasteiger charge is -2.10. The largest absolute Gasteiger partial charge is 0.232 e. The molecule has 0 fully saturated rings. The van der Waals surface area contributed by atoms with Crippen LogP contribution >= 0.6 is 27.5 Å². The average Bonchev–Trinajstić information content (AvgIpc) is 2.34. The fourth-order valence-corrected chi connectivity index (χ4v) is 2.10. The fourth-order valence-electron chi connectivity index (χ4n) is 1.58. The Hall–Kier alpha value is -1.07. The molecule has 0 aliphatic carbocycles. The number of nitrogens with zero attached hydrogens (tertiary/aromatic N) is 2. The molecule has 0 saturated carbocycles. The van der Waals surface area contributed by atoms with Gasteiger partial charge in [-0.25, -0.2) is 18.7 Å². The van der Waals surface area contributed by atoms with Crippen LogP contribution in [0.5, 0.6) is 0 Å². The molecule has 2 aromatic rings. The molecule has 0 atom stereocenters. The van der Waals surface area contributed by atoms with Gasteiger partial charge in [0, 0.05) is 12.0 Å². The molecule has 0 N–H and O–H groups in total. The van der Waals surface area contributed by atoms with Gasteiger partial charge in [-0.1, -0.05) is 25.4 Å². The molecule has 0 spiro atoms. The summed E-state index contributed by atoms with van der Waals surface area (Å²) in [7, 11) is 0. The van der Waals surface area contributed by atoms with Crippen molar-refractivity contribution in [3.63, 3.8) is 0 Å². The van der Waals surface area contributed by atoms with Crippen LogP contribution in [-0.2, 0) is 0 Å². The predicted molar refractivity (Wildman–Crippen MR) is 74.2 cm³/mol. The zero-order valence-electron chi connectivity index (χ0n) is 10.2. The van der Waals surface area contributed by atoms with Gasteiger partial charge in [0.05, 0.1) is 15.7 Å². The molecule has 100 valence electrons. The Labute approximate surface area is 123 Å². The molecule has 0 aliphatic rings. The molecule has 0 amide bonds. The second-order valence-electron chi connectivity index (χ2n) is 4.31. The van der Waals surface area contributed by atoms with Crippen molar-refractivity contribution in [2.75, 3.05) is 0 Å². The van der Waals surface area contributed by atoms with E-state index in [1.807, 2.05) is 13.8 Å². The topological polar surface area (TPSA) is 25.8 Å². The monoisotopic (exact) mass is 346 g/mol. The van der Waals surface area contributed by atoms with E-state index in [9.17, 15) is 8.78 Å². The van der Waals surface area contributed by atoms with Crippen molar-refractivity contribution in [2.45, 2.75) is 19.8 Å². The van der Waals surface area contributed by atoms with Crippen LogP contribution in [0.4, 0.5) is 8.78 Å². The molecule has 1 heterocycles. The van der Waals surface area contributed by atoms with Crippen molar-refractivity contribution < 1.29 is 8.78 Å². The molecule has 1 aromatic carbocycles. The van der Waals surface area contributed by atoms with Crippen LogP contribution in [0.2, 0.25) is 5.15 Å². The first-order valence-electron chi connectivity index (χ1n) is 5.58. The third kappa shape index (κ3) is 2.92. The number of benzene rings is 1. The summed E-state index contributed by atoms with van der Waals surface area (Å²) in [5.74, 6) is -0.938. The maximum absolute atomic E-state index is 14.0. The molecule has 2 nitrogen and oxygen atoms in total. The summed E-state index contributed by atoms with van der Waals surface area (Å²) in [5, 5.41) is 0.160. The highest BCUT2D eigenvalue weighted by atomic mass is 79.9. The van der Waals surface area contributed by atoms with Crippen LogP contribution in [0, 0.1) is 11.6 Å². The number of hydrogen-bond acceptors (Lipinski definition) is 2. The Morgan fingerprint density at radius 1 is 1.21 bits per heavy atom. The molecule has 0 radical (unpaired) electrons. The van der Waals surface area contributed by atoms with Crippen molar-refractivity contribution in [3.8, 4) is 11.3 Å². The Morgan fingerprint density at radius 3 is 2.53 bits per heavy atom. The summed E-state index contributed by atoms with van der Waals surface area (Å²) in [6, 6.07) is 3.83. The van der Waals surface area contributed by atoms with E-state index in [2.05, 4.69) is 25.9 Å². The maximum atomic E-state index is 14.0. The first kappa shape index (κ1) is 14.3. The van der Waals surface area contributed by atoms with Crippen LogP contribution in [0.3, 0.4) is 0 Å². The summed E-state index contributed by atoms with van der Waals surface area (Å²) < 4.78 is 28.0. The zero-order valence-corrected chi connectivity index (χ0v) is 12.6. The number of rotatable bonds is 2. The van der Waals surface area contributed by atoms with Gasteiger partial charge in [-0.3, -0.25) is 0 Å². The fraction of sp³-hybridized carbons (Fsp3) is 0.231. The van der Waals surface area contributed by atoms with Crippen molar-refractivity contribution in [1.29, 1.82) is 0 Å². The lowest BCUT2D eigenvalue weighted by molar-refractivity contribution is 0.584. The van der Waals surface area contributed by atoms with Gasteiger partial charge in [0.2, 0.25) is 0 Å². The van der Waals surface area contributed by atoms with Gasteiger partial charge in [0.25, 0.3) is 0 Å². The minimum absolute atomic E-state index is 0.00993. The van der Waals surface area contributed by atoms with E-state index in [1.165, 1.54) is 18.2 Å². The summed E-state index contributed by atoms with van der Waals surface area (Å²) in [6.07, 6.45) is 0. The molecule has 2 rings (SSSR count). The van der Waals surface area contributed by atoms with Gasteiger partial charge in [-0.15, -0.1) is 0 Å². The van der Waals surface area contributed by atoms with Gasteiger partial charge in [-0.2, -0.15) is 0 Å². The Morgan fingerprint density at radius 2 is 1.89 bits per heavy atom. The van der Waals surface area contributed by atoms with Crippen LogP contribution in [0.1, 0.15) is 25.6 Å². The van der Waals surface area contributed by atoms with E-state index < -0.39 is 11.6 Å². The van der Waals surface area contributed by atoms with Crippen LogP contribution in [0.15, 0.2) is 22.7 Å². The molecule has 0 aliphatic heterocycles. The van der Waals surface area contributed by atoms with Gasteiger partial charge in [0.15, 0.2) is 0 Å². The van der Waals surface area contributed by atoms with Crippen molar-refractivity contribution >= 4 is 27.5 Å². The van der Waals surface area contributed by atoms with E-state index >= 15 is 0 Å². The van der Waals surface area contributed by atoms with Crippen LogP contribution < -0.4 is 0 Å². The molecule has 19 heavy (non-hydrogen) atoms. The number of aromatic nitrogens is 2. The van der Waals surface area contributed by atoms with Gasteiger partial charge in [-0.05, 0) is 28.1 Å². The lowest BCUT2D eigenvalue weighted by atomic mass is 10.1. The molecular formula is C13H10BrClF2N2. The van der Waals surface area contributed by atoms with Gasteiger partial charge in [0.1, 0.15) is 22.6 Å². The summed E-state index contributed by atoms with van der Waals surface area (Å²) in [4.78, 5) is 8.21. The number of hydrogen-bond donors (Lipinski definition) is 0. The SMILES string of the molecule is CC(C)c1nc(Cl)cc(-c2c(F)ccc(Br)c2F)n1. The Balaban J connectivity index is 2.69. The minimum Gasteiger partial charge on any atom is -0.232 e. The van der Waals surface area contributed by atoms with E-state index in [-0.39, 0.29) is 26.8 Å². The summed E-state index contributed by atoms with van der Waals surface area (Å²) in [6.45, 7) is 3.76. The van der Waals surface area contributed by atoms with Crippen LogP contribution in [-0.4, -0.2) is 9.97 Å². The normalized spacial score (nSPS) is 11.1. The van der Waals surface area contributed by atoms with Crippen molar-refractivity contribution in [1.82, 2.24) is 9.97 Å². The second-order valence-corrected chi connectivity index (χ2v) is 5.55. The quantitative estimate of drug-likeness (QED) is 0.567. The van der Waals surface area contributed by atoms with Crippen molar-refractivity contribution in [3.05, 3.63) is 45.3 Å². The maximum Gasteiger partial charge on any atom is 0.149 e. The zero-order chi connectivity index (χ0) is 14.2. The summed E-state index contributed by atoms with van der Waals surface area (Å²) in [5.41, 5.74) is -0.0689. The third-order valence-electron chi connectivity index (χ3n) is 2.53. The van der Waals surface area contributed by atoms with E-state index in [0.717, 1.165) is 0 Å². The Kier molecular flexibility index (Phi) is 4.16. The predicted octanol–water partition coefficient (Wildman–Crippen LogP) is 4.96. The molecule has 1 aromatic heterocycles. The second kappa shape index (κ2) is 5.51. The highest BCUT2D eigenvalue weighted by molar-refractivity contribution is 9.10. The molecular weight excluding hydrogens is 338 g/mol. The van der Waals surface area contributed by atoms with Crippen LogP contribution in [0.25, 0.3) is 11.3 Å². The van der Waals surface area contributed by atoms with E-state index in [4.69, 9.17) is 11.6 Å². The van der Waals surface area contributed by atoms with Crippen molar-refractivity contribution in [2.24, 2.45) is 0 Å². The lowest BCUT2D eigenvalue weighted by Crippen LogP contribution is -2.01. The summed E-state index contributed by atoms with van der Waals surface area (Å²) >= 11 is 8.91.